The summed E-state index contributed by atoms with van der Waals surface area (Å²) in [6, 6.07) is 12.8. The summed E-state index contributed by atoms with van der Waals surface area (Å²) in [6.07, 6.45) is 3.28. The normalized spacial score (nSPS) is 12.3. The van der Waals surface area contributed by atoms with Crippen LogP contribution in [-0.2, 0) is 0 Å². The van der Waals surface area contributed by atoms with Crippen molar-refractivity contribution >= 4 is 45.4 Å². The van der Waals surface area contributed by atoms with Gasteiger partial charge in [-0.25, -0.2) is 0 Å². The van der Waals surface area contributed by atoms with Crippen LogP contribution >= 0.6 is 24.0 Å². The summed E-state index contributed by atoms with van der Waals surface area (Å²) in [6.45, 7) is 2.21. The maximum absolute atomic E-state index is 5.81. The molecule has 0 saturated carbocycles. The lowest BCUT2D eigenvalue weighted by molar-refractivity contribution is 0.773. The molecule has 0 amide bonds. The van der Waals surface area contributed by atoms with Gasteiger partial charge in [-0.2, -0.15) is 11.8 Å². The Kier molecular flexibility index (Phi) is 5.26. The standard InChI is InChI=1S/C16H20N2S2/c1-11(9-10-20-2)18-15-8-7-14(16(17)19)12-5-3-4-6-13(12)15/h3-8,11,18H,9-10H2,1-2H3,(H2,17,19). The van der Waals surface area contributed by atoms with Crippen molar-refractivity contribution < 1.29 is 0 Å². The van der Waals surface area contributed by atoms with Crippen molar-refractivity contribution in [3.63, 3.8) is 0 Å². The van der Waals surface area contributed by atoms with Crippen molar-refractivity contribution in [1.82, 2.24) is 0 Å². The van der Waals surface area contributed by atoms with E-state index >= 15 is 0 Å². The minimum Gasteiger partial charge on any atom is -0.389 e. The summed E-state index contributed by atoms with van der Waals surface area (Å²) in [5.41, 5.74) is 7.90. The Morgan fingerprint density at radius 1 is 1.25 bits per heavy atom. The van der Waals surface area contributed by atoms with Crippen molar-refractivity contribution in [2.45, 2.75) is 19.4 Å². The number of thiocarbonyl (C=S) groups is 1. The van der Waals surface area contributed by atoms with Gasteiger partial charge in [-0.05, 0) is 42.9 Å². The molecular formula is C16H20N2S2. The summed E-state index contributed by atoms with van der Waals surface area (Å²) < 4.78 is 0. The molecule has 106 valence electrons. The molecule has 0 radical (unpaired) electrons. The molecule has 0 spiro atoms. The third-order valence-electron chi connectivity index (χ3n) is 3.35. The third-order valence-corrected chi connectivity index (χ3v) is 4.21. The second-order valence-corrected chi connectivity index (χ2v) is 6.32. The molecule has 4 heteroatoms. The summed E-state index contributed by atoms with van der Waals surface area (Å²) >= 11 is 7.01. The largest absolute Gasteiger partial charge is 0.389 e. The van der Waals surface area contributed by atoms with E-state index < -0.39 is 0 Å². The average Bonchev–Trinajstić information content (AvgIpc) is 2.45. The Labute approximate surface area is 130 Å². The fourth-order valence-corrected chi connectivity index (χ4v) is 3.04. The van der Waals surface area contributed by atoms with E-state index in [1.54, 1.807) is 0 Å². The summed E-state index contributed by atoms with van der Waals surface area (Å²) in [4.78, 5) is 0.447. The van der Waals surface area contributed by atoms with Crippen LogP contribution in [0, 0.1) is 0 Å². The number of benzene rings is 2. The molecule has 20 heavy (non-hydrogen) atoms. The molecule has 0 heterocycles. The zero-order valence-electron chi connectivity index (χ0n) is 11.8. The summed E-state index contributed by atoms with van der Waals surface area (Å²) in [5.74, 6) is 1.16. The minimum absolute atomic E-state index is 0.446. The van der Waals surface area contributed by atoms with Crippen LogP contribution in [0.15, 0.2) is 36.4 Å². The van der Waals surface area contributed by atoms with E-state index in [1.165, 1.54) is 5.39 Å². The van der Waals surface area contributed by atoms with Crippen molar-refractivity contribution in [1.29, 1.82) is 0 Å². The molecule has 2 aromatic rings. The van der Waals surface area contributed by atoms with Crippen LogP contribution in [-0.4, -0.2) is 23.0 Å². The van der Waals surface area contributed by atoms with Gasteiger partial charge in [-0.3, -0.25) is 0 Å². The van der Waals surface area contributed by atoms with Gasteiger partial charge in [0.05, 0.1) is 0 Å². The highest BCUT2D eigenvalue weighted by atomic mass is 32.2. The molecule has 2 aromatic carbocycles. The summed E-state index contributed by atoms with van der Waals surface area (Å²) in [5, 5.41) is 5.88. The first-order valence-corrected chi connectivity index (χ1v) is 8.50. The average molecular weight is 304 g/mol. The lowest BCUT2D eigenvalue weighted by atomic mass is 10.0. The Bertz CT molecular complexity index is 610. The first kappa shape index (κ1) is 15.1. The predicted octanol–water partition coefficient (Wildman–Crippen LogP) is 4.03. The Balaban J connectivity index is 2.35. The van der Waals surface area contributed by atoms with Crippen LogP contribution in [0.25, 0.3) is 10.8 Å². The number of thioether (sulfide) groups is 1. The first-order valence-electron chi connectivity index (χ1n) is 6.70. The van der Waals surface area contributed by atoms with Gasteiger partial charge in [0.2, 0.25) is 0 Å². The molecule has 0 fully saturated rings. The van der Waals surface area contributed by atoms with Crippen LogP contribution in [0.2, 0.25) is 0 Å². The lowest BCUT2D eigenvalue weighted by Crippen LogP contribution is -2.17. The monoisotopic (exact) mass is 304 g/mol. The fraction of sp³-hybridized carbons (Fsp3) is 0.312. The Morgan fingerprint density at radius 3 is 2.60 bits per heavy atom. The molecule has 1 unspecified atom stereocenters. The molecule has 2 rings (SSSR count). The van der Waals surface area contributed by atoms with Gasteiger partial charge in [0.15, 0.2) is 0 Å². The van der Waals surface area contributed by atoms with Crippen molar-refractivity contribution in [2.75, 3.05) is 17.3 Å². The molecule has 2 nitrogen and oxygen atoms in total. The number of nitrogens with one attached hydrogen (secondary N) is 1. The highest BCUT2D eigenvalue weighted by Crippen LogP contribution is 2.27. The molecule has 0 bridgehead atoms. The molecule has 0 aromatic heterocycles. The van der Waals surface area contributed by atoms with Gasteiger partial charge in [-0.1, -0.05) is 36.5 Å². The van der Waals surface area contributed by atoms with E-state index in [1.807, 2.05) is 30.0 Å². The molecule has 3 N–H and O–H groups in total. The molecule has 1 atom stereocenters. The Hall–Kier alpha value is -1.26. The number of rotatable bonds is 6. The molecule has 0 saturated heterocycles. The van der Waals surface area contributed by atoms with Crippen LogP contribution in [0.3, 0.4) is 0 Å². The SMILES string of the molecule is CSCCC(C)Nc1ccc(C(N)=S)c2ccccc12. The van der Waals surface area contributed by atoms with Gasteiger partial charge in [0, 0.05) is 22.7 Å². The van der Waals surface area contributed by atoms with Gasteiger partial charge in [0.1, 0.15) is 4.99 Å². The molecule has 0 aliphatic rings. The Morgan fingerprint density at radius 2 is 1.95 bits per heavy atom. The molecular weight excluding hydrogens is 284 g/mol. The van der Waals surface area contributed by atoms with E-state index in [-0.39, 0.29) is 0 Å². The number of hydrogen-bond acceptors (Lipinski definition) is 3. The van der Waals surface area contributed by atoms with Crippen LogP contribution in [0.4, 0.5) is 5.69 Å². The fourth-order valence-electron chi connectivity index (χ4n) is 2.27. The van der Waals surface area contributed by atoms with Crippen molar-refractivity contribution in [2.24, 2.45) is 5.73 Å². The smallest absolute Gasteiger partial charge is 0.104 e. The number of nitrogens with two attached hydrogens (primary N) is 1. The van der Waals surface area contributed by atoms with E-state index in [9.17, 15) is 0 Å². The molecule has 0 aliphatic carbocycles. The zero-order chi connectivity index (χ0) is 14.5. The quantitative estimate of drug-likeness (QED) is 0.790. The molecule has 0 aliphatic heterocycles. The second-order valence-electron chi connectivity index (χ2n) is 4.90. The highest BCUT2D eigenvalue weighted by Gasteiger charge is 2.09. The first-order chi connectivity index (χ1) is 9.63. The van der Waals surface area contributed by atoms with Crippen LogP contribution in [0.1, 0.15) is 18.9 Å². The lowest BCUT2D eigenvalue weighted by Gasteiger charge is -2.17. The topological polar surface area (TPSA) is 38.0 Å². The highest BCUT2D eigenvalue weighted by molar-refractivity contribution is 7.98. The van der Waals surface area contributed by atoms with Crippen LogP contribution in [0.5, 0.6) is 0 Å². The van der Waals surface area contributed by atoms with Crippen molar-refractivity contribution in [3.05, 3.63) is 42.0 Å². The van der Waals surface area contributed by atoms with E-state index in [0.29, 0.717) is 11.0 Å². The maximum Gasteiger partial charge on any atom is 0.104 e. The number of anilines is 1. The van der Waals surface area contributed by atoms with E-state index in [4.69, 9.17) is 18.0 Å². The third kappa shape index (κ3) is 3.44. The van der Waals surface area contributed by atoms with E-state index in [2.05, 4.69) is 36.7 Å². The van der Waals surface area contributed by atoms with Gasteiger partial charge >= 0.3 is 0 Å². The van der Waals surface area contributed by atoms with Gasteiger partial charge < -0.3 is 11.1 Å². The maximum atomic E-state index is 5.81. The zero-order valence-corrected chi connectivity index (χ0v) is 13.5. The summed E-state index contributed by atoms with van der Waals surface area (Å²) in [7, 11) is 0. The van der Waals surface area contributed by atoms with Crippen LogP contribution < -0.4 is 11.1 Å². The van der Waals surface area contributed by atoms with Crippen molar-refractivity contribution in [3.8, 4) is 0 Å². The van der Waals surface area contributed by atoms with Gasteiger partial charge in [-0.15, -0.1) is 0 Å². The predicted molar refractivity (Wildman–Crippen MR) is 95.9 cm³/mol. The van der Waals surface area contributed by atoms with E-state index in [0.717, 1.165) is 28.8 Å². The number of hydrogen-bond donors (Lipinski definition) is 2. The van der Waals surface area contributed by atoms with Gasteiger partial charge in [0.25, 0.3) is 0 Å². The second kappa shape index (κ2) is 6.95. The minimum atomic E-state index is 0.446. The number of fused-ring (bicyclic) bond motifs is 1.